The van der Waals surface area contributed by atoms with Crippen LogP contribution >= 0.6 is 15.9 Å². The van der Waals surface area contributed by atoms with Crippen molar-refractivity contribution in [2.24, 2.45) is 5.73 Å². The molecule has 1 aromatic rings. The number of aromatic nitrogens is 2. The predicted octanol–water partition coefficient (Wildman–Crippen LogP) is 0.405. The number of aliphatic hydroxyl groups is 1. The highest BCUT2D eigenvalue weighted by Crippen LogP contribution is 2.15. The second-order valence-corrected chi connectivity index (χ2v) is 3.62. The average molecular weight is 232 g/mol. The Morgan fingerprint density at radius 2 is 2.08 bits per heavy atom. The normalized spacial score (nSPS) is 15.7. The van der Waals surface area contributed by atoms with E-state index in [2.05, 4.69) is 25.9 Å². The standard InChI is InChI=1S/C7H10BrN3O/c1-7(12,4-9)6-10-2-5(8)3-11-6/h2-3,12H,4,9H2,1H3. The molecule has 3 N–H and O–H groups in total. The molecule has 5 heteroatoms. The second-order valence-electron chi connectivity index (χ2n) is 2.70. The summed E-state index contributed by atoms with van der Waals surface area (Å²) >= 11 is 3.20. The van der Waals surface area contributed by atoms with Gasteiger partial charge in [-0.05, 0) is 22.9 Å². The average Bonchev–Trinajstić information content (AvgIpc) is 2.05. The molecule has 66 valence electrons. The topological polar surface area (TPSA) is 72.0 Å². The van der Waals surface area contributed by atoms with Gasteiger partial charge in [0.1, 0.15) is 5.60 Å². The van der Waals surface area contributed by atoms with E-state index in [1.165, 1.54) is 0 Å². The van der Waals surface area contributed by atoms with Crippen molar-refractivity contribution in [3.63, 3.8) is 0 Å². The molecule has 1 rings (SSSR count). The van der Waals surface area contributed by atoms with E-state index in [0.717, 1.165) is 4.47 Å². The molecule has 0 spiro atoms. The molecule has 0 bridgehead atoms. The van der Waals surface area contributed by atoms with Crippen LogP contribution in [0.3, 0.4) is 0 Å². The van der Waals surface area contributed by atoms with Gasteiger partial charge in [-0.25, -0.2) is 9.97 Å². The third kappa shape index (κ3) is 2.00. The van der Waals surface area contributed by atoms with Gasteiger partial charge in [0.15, 0.2) is 5.82 Å². The maximum absolute atomic E-state index is 9.62. The van der Waals surface area contributed by atoms with Gasteiger partial charge >= 0.3 is 0 Å². The Morgan fingerprint density at radius 1 is 1.58 bits per heavy atom. The molecule has 0 fully saturated rings. The van der Waals surface area contributed by atoms with E-state index in [1.807, 2.05) is 0 Å². The summed E-state index contributed by atoms with van der Waals surface area (Å²) in [6.45, 7) is 1.69. The number of nitrogens with two attached hydrogens (primary N) is 1. The largest absolute Gasteiger partial charge is 0.381 e. The molecule has 12 heavy (non-hydrogen) atoms. The van der Waals surface area contributed by atoms with Crippen LogP contribution in [0.1, 0.15) is 12.7 Å². The van der Waals surface area contributed by atoms with E-state index in [4.69, 9.17) is 5.73 Å². The second kappa shape index (κ2) is 3.47. The van der Waals surface area contributed by atoms with Crippen LogP contribution in [0.5, 0.6) is 0 Å². The van der Waals surface area contributed by atoms with Crippen molar-refractivity contribution in [3.8, 4) is 0 Å². The van der Waals surface area contributed by atoms with Crippen LogP contribution in [0.25, 0.3) is 0 Å². The zero-order valence-corrected chi connectivity index (χ0v) is 8.24. The van der Waals surface area contributed by atoms with E-state index in [1.54, 1.807) is 19.3 Å². The number of hydrogen-bond donors (Lipinski definition) is 2. The van der Waals surface area contributed by atoms with E-state index in [-0.39, 0.29) is 6.54 Å². The third-order valence-electron chi connectivity index (χ3n) is 1.50. The smallest absolute Gasteiger partial charge is 0.161 e. The molecule has 4 nitrogen and oxygen atoms in total. The molecule has 0 amide bonds. The van der Waals surface area contributed by atoms with Gasteiger partial charge in [-0.15, -0.1) is 0 Å². The molecule has 0 saturated carbocycles. The molecule has 0 aliphatic rings. The summed E-state index contributed by atoms with van der Waals surface area (Å²) in [7, 11) is 0. The van der Waals surface area contributed by atoms with Crippen LogP contribution < -0.4 is 5.73 Å². The summed E-state index contributed by atoms with van der Waals surface area (Å²) in [5, 5.41) is 9.62. The fourth-order valence-corrected chi connectivity index (χ4v) is 0.886. The summed E-state index contributed by atoms with van der Waals surface area (Å²) in [4.78, 5) is 7.87. The Labute approximate surface area is 79.0 Å². The quantitative estimate of drug-likeness (QED) is 0.774. The lowest BCUT2D eigenvalue weighted by Crippen LogP contribution is -2.33. The van der Waals surface area contributed by atoms with Crippen molar-refractivity contribution in [1.29, 1.82) is 0 Å². The molecule has 0 aromatic carbocycles. The van der Waals surface area contributed by atoms with Crippen LogP contribution in [0.2, 0.25) is 0 Å². The van der Waals surface area contributed by atoms with Crippen LogP contribution in [-0.2, 0) is 5.60 Å². The van der Waals surface area contributed by atoms with Crippen molar-refractivity contribution in [3.05, 3.63) is 22.7 Å². The molecule has 1 unspecified atom stereocenters. The number of halogens is 1. The highest BCUT2D eigenvalue weighted by molar-refractivity contribution is 9.10. The first-order chi connectivity index (χ1) is 5.56. The van der Waals surface area contributed by atoms with Crippen molar-refractivity contribution < 1.29 is 5.11 Å². The predicted molar refractivity (Wildman–Crippen MR) is 48.4 cm³/mol. The molecule has 0 aliphatic carbocycles. The molecule has 0 radical (unpaired) electrons. The SMILES string of the molecule is CC(O)(CN)c1ncc(Br)cn1. The van der Waals surface area contributed by atoms with Crippen LogP contribution in [0, 0.1) is 0 Å². The number of nitrogens with zero attached hydrogens (tertiary/aromatic N) is 2. The van der Waals surface area contributed by atoms with Gasteiger partial charge in [-0.3, -0.25) is 0 Å². The molecular weight excluding hydrogens is 222 g/mol. The Balaban J connectivity index is 2.96. The van der Waals surface area contributed by atoms with Gasteiger partial charge in [0.2, 0.25) is 0 Å². The van der Waals surface area contributed by atoms with Gasteiger partial charge in [-0.1, -0.05) is 0 Å². The Hall–Kier alpha value is -0.520. The summed E-state index contributed by atoms with van der Waals surface area (Å²) < 4.78 is 0.777. The summed E-state index contributed by atoms with van der Waals surface area (Å²) in [6, 6.07) is 0. The fraction of sp³-hybridized carbons (Fsp3) is 0.429. The minimum Gasteiger partial charge on any atom is -0.381 e. The Morgan fingerprint density at radius 3 is 2.50 bits per heavy atom. The first-order valence-electron chi connectivity index (χ1n) is 3.47. The zero-order chi connectivity index (χ0) is 9.19. The van der Waals surface area contributed by atoms with Crippen molar-refractivity contribution in [2.75, 3.05) is 6.54 Å². The summed E-state index contributed by atoms with van der Waals surface area (Å²) in [5.41, 5.74) is 4.20. The van der Waals surface area contributed by atoms with Gasteiger partial charge in [0.05, 0.1) is 4.47 Å². The minimum absolute atomic E-state index is 0.106. The monoisotopic (exact) mass is 231 g/mol. The zero-order valence-electron chi connectivity index (χ0n) is 6.66. The maximum atomic E-state index is 9.62. The molecule has 0 saturated heterocycles. The number of rotatable bonds is 2. The van der Waals surface area contributed by atoms with Crippen LogP contribution in [0.4, 0.5) is 0 Å². The van der Waals surface area contributed by atoms with Crippen molar-refractivity contribution in [1.82, 2.24) is 9.97 Å². The van der Waals surface area contributed by atoms with E-state index >= 15 is 0 Å². The lowest BCUT2D eigenvalue weighted by atomic mass is 10.1. The lowest BCUT2D eigenvalue weighted by molar-refractivity contribution is 0.0571. The number of hydrogen-bond acceptors (Lipinski definition) is 4. The third-order valence-corrected chi connectivity index (χ3v) is 1.91. The van der Waals surface area contributed by atoms with Gasteiger partial charge in [0, 0.05) is 18.9 Å². The van der Waals surface area contributed by atoms with Crippen molar-refractivity contribution in [2.45, 2.75) is 12.5 Å². The first kappa shape index (κ1) is 9.57. The Kier molecular flexibility index (Phi) is 2.76. The van der Waals surface area contributed by atoms with Crippen LogP contribution in [-0.4, -0.2) is 21.6 Å². The maximum Gasteiger partial charge on any atom is 0.161 e. The molecule has 1 heterocycles. The summed E-state index contributed by atoms with van der Waals surface area (Å²) in [5.74, 6) is 0.341. The lowest BCUT2D eigenvalue weighted by Gasteiger charge is -2.18. The van der Waals surface area contributed by atoms with Gasteiger partial charge < -0.3 is 10.8 Å². The first-order valence-corrected chi connectivity index (χ1v) is 4.26. The molecule has 0 aliphatic heterocycles. The van der Waals surface area contributed by atoms with E-state index in [9.17, 15) is 5.11 Å². The van der Waals surface area contributed by atoms with Crippen LogP contribution in [0.15, 0.2) is 16.9 Å². The van der Waals surface area contributed by atoms with Gasteiger partial charge in [-0.2, -0.15) is 0 Å². The van der Waals surface area contributed by atoms with Crippen molar-refractivity contribution >= 4 is 15.9 Å². The highest BCUT2D eigenvalue weighted by atomic mass is 79.9. The van der Waals surface area contributed by atoms with Gasteiger partial charge in [0.25, 0.3) is 0 Å². The highest BCUT2D eigenvalue weighted by Gasteiger charge is 2.23. The molecule has 1 atom stereocenters. The van der Waals surface area contributed by atoms with E-state index < -0.39 is 5.60 Å². The fourth-order valence-electron chi connectivity index (χ4n) is 0.682. The minimum atomic E-state index is -1.14. The van der Waals surface area contributed by atoms with E-state index in [0.29, 0.717) is 5.82 Å². The Bertz CT molecular complexity index is 260. The summed E-state index contributed by atoms with van der Waals surface area (Å²) in [6.07, 6.45) is 3.15. The molecular formula is C7H10BrN3O. The molecule has 1 aromatic heterocycles.